The number of amides is 2. The van der Waals surface area contributed by atoms with Crippen LogP contribution < -0.4 is 10.2 Å². The lowest BCUT2D eigenvalue weighted by Gasteiger charge is -2.18. The number of carbonyl (C=O) groups is 2. The van der Waals surface area contributed by atoms with Gasteiger partial charge in [-0.3, -0.25) is 4.90 Å². The van der Waals surface area contributed by atoms with Crippen molar-refractivity contribution in [2.75, 3.05) is 25.1 Å². The maximum absolute atomic E-state index is 12.5. The Balaban J connectivity index is 1.98. The number of pyridine rings is 1. The summed E-state index contributed by atoms with van der Waals surface area (Å²) in [6, 6.07) is 13.0. The molecule has 1 heterocycles. The topological polar surface area (TPSA) is 91.8 Å². The van der Waals surface area contributed by atoms with Gasteiger partial charge in [-0.05, 0) is 31.0 Å². The zero-order valence-corrected chi connectivity index (χ0v) is 19.3. The molecule has 0 saturated carbocycles. The van der Waals surface area contributed by atoms with Crippen LogP contribution in [0.3, 0.4) is 0 Å². The van der Waals surface area contributed by atoms with Gasteiger partial charge in [-0.25, -0.2) is 14.6 Å². The molecule has 0 aliphatic carbocycles. The van der Waals surface area contributed by atoms with Crippen molar-refractivity contribution < 1.29 is 19.4 Å². The highest BCUT2D eigenvalue weighted by Gasteiger charge is 2.18. The number of carboxylic acid groups (broad SMARTS) is 1. The first kappa shape index (κ1) is 25.3. The molecule has 1 aromatic carbocycles. The zero-order valence-electron chi connectivity index (χ0n) is 19.3. The Morgan fingerprint density at radius 1 is 1.06 bits per heavy atom. The first-order chi connectivity index (χ1) is 15.5. The Morgan fingerprint density at radius 3 is 2.44 bits per heavy atom. The van der Waals surface area contributed by atoms with Crippen LogP contribution in [-0.4, -0.2) is 48.4 Å². The number of anilines is 1. The Kier molecular flexibility index (Phi) is 10.7. The van der Waals surface area contributed by atoms with Crippen LogP contribution in [-0.2, 0) is 16.0 Å². The van der Waals surface area contributed by atoms with Gasteiger partial charge in [-0.15, -0.1) is 0 Å². The van der Waals surface area contributed by atoms with E-state index in [1.165, 1.54) is 24.2 Å². The first-order valence-corrected chi connectivity index (χ1v) is 11.4. The zero-order chi connectivity index (χ0) is 23.3. The van der Waals surface area contributed by atoms with Crippen LogP contribution in [0, 0.1) is 0 Å². The number of nitrogens with one attached hydrogen (secondary N) is 1. The number of hydrogen-bond donors (Lipinski definition) is 2. The molecule has 1 aromatic heterocycles. The smallest absolute Gasteiger partial charge is 0.333 e. The van der Waals surface area contributed by atoms with E-state index in [-0.39, 0.29) is 6.03 Å². The molecule has 2 rings (SSSR count). The summed E-state index contributed by atoms with van der Waals surface area (Å²) in [6.07, 6.45) is 5.19. The normalized spacial score (nSPS) is 11.7. The maximum atomic E-state index is 12.5. The van der Waals surface area contributed by atoms with Crippen molar-refractivity contribution in [3.8, 4) is 11.3 Å². The van der Waals surface area contributed by atoms with E-state index >= 15 is 0 Å². The average molecular weight is 442 g/mol. The highest BCUT2D eigenvalue weighted by molar-refractivity contribution is 5.90. The van der Waals surface area contributed by atoms with Crippen LogP contribution in [0.25, 0.3) is 11.3 Å². The Hall–Kier alpha value is -2.93. The Morgan fingerprint density at radius 2 is 1.78 bits per heavy atom. The number of aliphatic carboxylic acids is 1. The molecule has 174 valence electrons. The predicted octanol–water partition coefficient (Wildman–Crippen LogP) is 4.90. The average Bonchev–Trinajstić information content (AvgIpc) is 2.81. The fraction of sp³-hybridized carbons (Fsp3) is 0.480. The van der Waals surface area contributed by atoms with E-state index < -0.39 is 12.1 Å². The van der Waals surface area contributed by atoms with Gasteiger partial charge >= 0.3 is 12.0 Å². The lowest BCUT2D eigenvalue weighted by Crippen LogP contribution is -2.38. The lowest BCUT2D eigenvalue weighted by atomic mass is 10.0. The molecule has 2 aromatic rings. The maximum Gasteiger partial charge on any atom is 0.333 e. The van der Waals surface area contributed by atoms with Gasteiger partial charge in [0.1, 0.15) is 5.82 Å². The third-order valence-electron chi connectivity index (χ3n) is 5.25. The van der Waals surface area contributed by atoms with E-state index in [2.05, 4.69) is 17.2 Å². The van der Waals surface area contributed by atoms with E-state index in [0.717, 1.165) is 29.7 Å². The molecule has 2 N–H and O–H groups in total. The fourth-order valence-corrected chi connectivity index (χ4v) is 3.36. The molecule has 0 bridgehead atoms. The van der Waals surface area contributed by atoms with Gasteiger partial charge in [0, 0.05) is 32.2 Å². The minimum Gasteiger partial charge on any atom is -0.479 e. The quantitative estimate of drug-likeness (QED) is 0.432. The van der Waals surface area contributed by atoms with Crippen molar-refractivity contribution in [1.82, 2.24) is 10.3 Å². The SMILES string of the molecule is CCCCCCCNC(=O)N(C)c1cccc(-c2ccc(CC(OCC)C(=O)O)cc2)n1. The van der Waals surface area contributed by atoms with Gasteiger partial charge in [0.15, 0.2) is 6.10 Å². The summed E-state index contributed by atoms with van der Waals surface area (Å²) < 4.78 is 5.28. The number of hydrogen-bond acceptors (Lipinski definition) is 4. The number of carboxylic acids is 1. The summed E-state index contributed by atoms with van der Waals surface area (Å²) in [6.45, 7) is 4.98. The van der Waals surface area contributed by atoms with Crippen molar-refractivity contribution in [3.63, 3.8) is 0 Å². The Bertz CT molecular complexity index is 855. The van der Waals surface area contributed by atoms with Crippen LogP contribution >= 0.6 is 0 Å². The molecule has 0 radical (unpaired) electrons. The van der Waals surface area contributed by atoms with Gasteiger partial charge in [-0.1, -0.05) is 62.9 Å². The van der Waals surface area contributed by atoms with E-state index in [1.54, 1.807) is 20.0 Å². The summed E-state index contributed by atoms with van der Waals surface area (Å²) >= 11 is 0. The molecular formula is C25H35N3O4. The predicted molar refractivity (Wildman–Crippen MR) is 127 cm³/mol. The largest absolute Gasteiger partial charge is 0.479 e. The monoisotopic (exact) mass is 441 g/mol. The third kappa shape index (κ3) is 7.96. The Labute approximate surface area is 190 Å². The second-order valence-corrected chi connectivity index (χ2v) is 7.77. The molecule has 7 heteroatoms. The van der Waals surface area contributed by atoms with Crippen LogP contribution in [0.1, 0.15) is 51.5 Å². The standard InChI is InChI=1S/C25H35N3O4/c1-4-6-7-8-9-17-26-25(31)28(3)23-12-10-11-21(27-23)20-15-13-19(14-16-20)18-22(24(29)30)32-5-2/h10-16,22H,4-9,17-18H2,1-3H3,(H,26,31)(H,29,30). The second kappa shape index (κ2) is 13.5. The van der Waals surface area contributed by atoms with Gasteiger partial charge in [0.05, 0.1) is 5.69 Å². The molecular weight excluding hydrogens is 406 g/mol. The fourth-order valence-electron chi connectivity index (χ4n) is 3.36. The van der Waals surface area contributed by atoms with Gasteiger partial charge in [0.2, 0.25) is 0 Å². The molecule has 2 amide bonds. The van der Waals surface area contributed by atoms with Crippen molar-refractivity contribution in [1.29, 1.82) is 0 Å². The molecule has 7 nitrogen and oxygen atoms in total. The van der Waals surface area contributed by atoms with Gasteiger partial charge < -0.3 is 15.2 Å². The number of aromatic nitrogens is 1. The van der Waals surface area contributed by atoms with E-state index in [1.807, 2.05) is 36.4 Å². The number of rotatable bonds is 13. The van der Waals surface area contributed by atoms with E-state index in [0.29, 0.717) is 25.4 Å². The molecule has 0 aliphatic rings. The second-order valence-electron chi connectivity index (χ2n) is 7.77. The molecule has 0 fully saturated rings. The summed E-state index contributed by atoms with van der Waals surface area (Å²) in [7, 11) is 1.71. The molecule has 1 unspecified atom stereocenters. The number of urea groups is 1. The summed E-state index contributed by atoms with van der Waals surface area (Å²) in [5, 5.41) is 12.2. The number of nitrogens with zero attached hydrogens (tertiary/aromatic N) is 2. The van der Waals surface area contributed by atoms with Crippen LogP contribution in [0.4, 0.5) is 10.6 Å². The minimum atomic E-state index is -0.965. The molecule has 1 atom stereocenters. The van der Waals surface area contributed by atoms with Crippen molar-refractivity contribution in [3.05, 3.63) is 48.0 Å². The van der Waals surface area contributed by atoms with Gasteiger partial charge in [-0.2, -0.15) is 0 Å². The highest BCUT2D eigenvalue weighted by atomic mass is 16.5. The number of unbranched alkanes of at least 4 members (excludes halogenated alkanes) is 4. The van der Waals surface area contributed by atoms with Crippen molar-refractivity contribution in [2.24, 2.45) is 0 Å². The minimum absolute atomic E-state index is 0.170. The summed E-state index contributed by atoms with van der Waals surface area (Å²) in [5.74, 6) is -0.398. The molecule has 0 spiro atoms. The van der Waals surface area contributed by atoms with Crippen LogP contribution in [0.15, 0.2) is 42.5 Å². The number of benzene rings is 1. The highest BCUT2D eigenvalue weighted by Crippen LogP contribution is 2.21. The molecule has 0 aliphatic heterocycles. The third-order valence-corrected chi connectivity index (χ3v) is 5.25. The van der Waals surface area contributed by atoms with Crippen LogP contribution in [0.2, 0.25) is 0 Å². The molecule has 0 saturated heterocycles. The number of carbonyl (C=O) groups excluding carboxylic acids is 1. The van der Waals surface area contributed by atoms with Crippen LogP contribution in [0.5, 0.6) is 0 Å². The van der Waals surface area contributed by atoms with Gasteiger partial charge in [0.25, 0.3) is 0 Å². The first-order valence-electron chi connectivity index (χ1n) is 11.4. The summed E-state index contributed by atoms with van der Waals surface area (Å²) in [4.78, 5) is 29.9. The van der Waals surface area contributed by atoms with Crippen molar-refractivity contribution >= 4 is 17.8 Å². The van der Waals surface area contributed by atoms with E-state index in [9.17, 15) is 14.7 Å². The lowest BCUT2D eigenvalue weighted by molar-refractivity contribution is -0.149. The molecule has 32 heavy (non-hydrogen) atoms. The van der Waals surface area contributed by atoms with E-state index in [4.69, 9.17) is 4.74 Å². The van der Waals surface area contributed by atoms with Crippen molar-refractivity contribution in [2.45, 2.75) is 58.5 Å². The number of ether oxygens (including phenoxy) is 1. The summed E-state index contributed by atoms with van der Waals surface area (Å²) in [5.41, 5.74) is 2.51.